The van der Waals surface area contributed by atoms with E-state index in [0.717, 1.165) is 5.92 Å². The number of para-hydroxylation sites is 1. The van der Waals surface area contributed by atoms with Crippen molar-refractivity contribution in [3.05, 3.63) is 29.8 Å². The molecular weight excluding hydrogens is 158 g/mol. The topological polar surface area (TPSA) is 12.0 Å². The van der Waals surface area contributed by atoms with Crippen LogP contribution in [0.2, 0.25) is 0 Å². The van der Waals surface area contributed by atoms with Crippen molar-refractivity contribution in [2.24, 2.45) is 5.92 Å². The summed E-state index contributed by atoms with van der Waals surface area (Å²) in [6, 6.07) is 9.39. The number of benzene rings is 1. The normalized spacial score (nSPS) is 40.2. The maximum atomic E-state index is 3.58. The van der Waals surface area contributed by atoms with E-state index in [9.17, 15) is 0 Å². The van der Waals surface area contributed by atoms with E-state index in [0.29, 0.717) is 11.5 Å². The summed E-state index contributed by atoms with van der Waals surface area (Å²) in [5.41, 5.74) is 3.37. The van der Waals surface area contributed by atoms with E-state index < -0.39 is 0 Å². The molecule has 3 unspecified atom stereocenters. The Hall–Kier alpha value is -0.980. The highest BCUT2D eigenvalue weighted by molar-refractivity contribution is 5.61. The fraction of sp³-hybridized carbons (Fsp3) is 0.500. The Balaban J connectivity index is 2.16. The average molecular weight is 173 g/mol. The predicted octanol–water partition coefficient (Wildman–Crippen LogP) is 2.78. The van der Waals surface area contributed by atoms with E-state index in [4.69, 9.17) is 0 Å². The summed E-state index contributed by atoms with van der Waals surface area (Å²) < 4.78 is 0. The van der Waals surface area contributed by atoms with Crippen molar-refractivity contribution in [1.82, 2.24) is 0 Å². The van der Waals surface area contributed by atoms with Gasteiger partial charge in [0, 0.05) is 11.7 Å². The molecular formula is C12H15N. The largest absolute Gasteiger partial charge is 0.382 e. The second-order valence-corrected chi connectivity index (χ2v) is 4.71. The second-order valence-electron chi connectivity index (χ2n) is 4.71. The first-order chi connectivity index (χ1) is 6.22. The standard InChI is InChI=1S/C12H15N/c1-8-10-7-12(10,2)9-5-3-4-6-11(9)13-8/h3-6,8,10,13H,7H2,1-2H3. The van der Waals surface area contributed by atoms with E-state index in [1.54, 1.807) is 0 Å². The van der Waals surface area contributed by atoms with Gasteiger partial charge >= 0.3 is 0 Å². The molecule has 0 aromatic heterocycles. The molecule has 0 spiro atoms. The van der Waals surface area contributed by atoms with Crippen LogP contribution in [-0.2, 0) is 5.41 Å². The molecule has 1 nitrogen and oxygen atoms in total. The van der Waals surface area contributed by atoms with Gasteiger partial charge in [-0.15, -0.1) is 0 Å². The first-order valence-corrected chi connectivity index (χ1v) is 5.08. The summed E-state index contributed by atoms with van der Waals surface area (Å²) in [5.74, 6) is 0.863. The predicted molar refractivity (Wildman–Crippen MR) is 55.0 cm³/mol. The highest BCUT2D eigenvalue weighted by Crippen LogP contribution is 2.60. The molecule has 1 heteroatoms. The number of anilines is 1. The zero-order valence-electron chi connectivity index (χ0n) is 8.17. The van der Waals surface area contributed by atoms with Crippen LogP contribution < -0.4 is 5.32 Å². The van der Waals surface area contributed by atoms with Crippen molar-refractivity contribution in [1.29, 1.82) is 0 Å². The lowest BCUT2D eigenvalue weighted by Crippen LogP contribution is -2.28. The number of hydrogen-bond donors (Lipinski definition) is 1. The van der Waals surface area contributed by atoms with Gasteiger partial charge in [0.1, 0.15) is 0 Å². The Labute approximate surface area is 79.2 Å². The molecule has 1 heterocycles. The van der Waals surface area contributed by atoms with Crippen molar-refractivity contribution < 1.29 is 0 Å². The third-order valence-corrected chi connectivity index (χ3v) is 3.83. The third-order valence-electron chi connectivity index (χ3n) is 3.83. The second kappa shape index (κ2) is 2.09. The Bertz CT molecular complexity index is 358. The van der Waals surface area contributed by atoms with Gasteiger partial charge in [-0.2, -0.15) is 0 Å². The molecule has 0 bridgehead atoms. The Morgan fingerprint density at radius 1 is 1.38 bits per heavy atom. The van der Waals surface area contributed by atoms with Gasteiger partial charge in [0.05, 0.1) is 0 Å². The number of hydrogen-bond acceptors (Lipinski definition) is 1. The van der Waals surface area contributed by atoms with Crippen LogP contribution in [0.1, 0.15) is 25.8 Å². The molecule has 1 aliphatic carbocycles. The Morgan fingerprint density at radius 3 is 3.00 bits per heavy atom. The molecule has 3 rings (SSSR count). The van der Waals surface area contributed by atoms with Gasteiger partial charge < -0.3 is 5.32 Å². The molecule has 1 saturated carbocycles. The number of rotatable bonds is 0. The van der Waals surface area contributed by atoms with Crippen LogP contribution in [0, 0.1) is 5.92 Å². The quantitative estimate of drug-likeness (QED) is 0.636. The van der Waals surface area contributed by atoms with Crippen molar-refractivity contribution in [2.75, 3.05) is 5.32 Å². The molecule has 1 aliphatic heterocycles. The van der Waals surface area contributed by atoms with E-state index in [-0.39, 0.29) is 0 Å². The van der Waals surface area contributed by atoms with Crippen molar-refractivity contribution in [2.45, 2.75) is 31.7 Å². The first-order valence-electron chi connectivity index (χ1n) is 5.08. The van der Waals surface area contributed by atoms with E-state index in [1.165, 1.54) is 17.7 Å². The lowest BCUT2D eigenvalue weighted by Gasteiger charge is -2.28. The molecule has 0 saturated heterocycles. The van der Waals surface area contributed by atoms with Crippen LogP contribution in [0.4, 0.5) is 5.69 Å². The zero-order valence-corrected chi connectivity index (χ0v) is 8.17. The maximum Gasteiger partial charge on any atom is 0.0380 e. The monoisotopic (exact) mass is 173 g/mol. The summed E-state index contributed by atoms with van der Waals surface area (Å²) in [7, 11) is 0. The fourth-order valence-electron chi connectivity index (χ4n) is 2.89. The molecule has 0 amide bonds. The molecule has 1 aromatic carbocycles. The molecule has 13 heavy (non-hydrogen) atoms. The van der Waals surface area contributed by atoms with Gasteiger partial charge in [-0.1, -0.05) is 25.1 Å². The highest BCUT2D eigenvalue weighted by Gasteiger charge is 2.56. The van der Waals surface area contributed by atoms with Crippen LogP contribution >= 0.6 is 0 Å². The summed E-state index contributed by atoms with van der Waals surface area (Å²) in [4.78, 5) is 0. The molecule has 1 fully saturated rings. The van der Waals surface area contributed by atoms with Gasteiger partial charge in [-0.3, -0.25) is 0 Å². The maximum absolute atomic E-state index is 3.58. The van der Waals surface area contributed by atoms with Crippen LogP contribution in [0.5, 0.6) is 0 Å². The van der Waals surface area contributed by atoms with Crippen LogP contribution in [0.25, 0.3) is 0 Å². The van der Waals surface area contributed by atoms with Gasteiger partial charge in [-0.25, -0.2) is 0 Å². The number of nitrogens with one attached hydrogen (secondary N) is 1. The van der Waals surface area contributed by atoms with Gasteiger partial charge in [0.15, 0.2) is 0 Å². The average Bonchev–Trinajstić information content (AvgIpc) is 2.80. The molecule has 1 N–H and O–H groups in total. The minimum absolute atomic E-state index is 0.487. The van der Waals surface area contributed by atoms with Crippen molar-refractivity contribution in [3.8, 4) is 0 Å². The lowest BCUT2D eigenvalue weighted by molar-refractivity contribution is 0.570. The molecule has 3 atom stereocenters. The van der Waals surface area contributed by atoms with E-state index >= 15 is 0 Å². The smallest absolute Gasteiger partial charge is 0.0380 e. The first kappa shape index (κ1) is 7.43. The van der Waals surface area contributed by atoms with Gasteiger partial charge in [0.2, 0.25) is 0 Å². The van der Waals surface area contributed by atoms with E-state index in [2.05, 4.69) is 43.4 Å². The minimum Gasteiger partial charge on any atom is -0.382 e. The van der Waals surface area contributed by atoms with Crippen molar-refractivity contribution >= 4 is 5.69 Å². The summed E-state index contributed by atoms with van der Waals surface area (Å²) >= 11 is 0. The summed E-state index contributed by atoms with van der Waals surface area (Å²) in [6.07, 6.45) is 1.36. The fourth-order valence-corrected chi connectivity index (χ4v) is 2.89. The van der Waals surface area contributed by atoms with Crippen LogP contribution in [0.15, 0.2) is 24.3 Å². The van der Waals surface area contributed by atoms with Crippen molar-refractivity contribution in [3.63, 3.8) is 0 Å². The zero-order chi connectivity index (χ0) is 9.05. The van der Waals surface area contributed by atoms with E-state index in [1.807, 2.05) is 0 Å². The molecule has 68 valence electrons. The SMILES string of the molecule is CC1Nc2ccccc2C2(C)CC12. The molecule has 1 aromatic rings. The van der Waals surface area contributed by atoms with Gasteiger partial charge in [0.25, 0.3) is 0 Å². The number of fused-ring (bicyclic) bond motifs is 3. The van der Waals surface area contributed by atoms with Crippen LogP contribution in [0.3, 0.4) is 0 Å². The highest BCUT2D eigenvalue weighted by atomic mass is 15.0. The Kier molecular flexibility index (Phi) is 1.19. The molecule has 2 aliphatic rings. The summed E-state index contributed by atoms with van der Waals surface area (Å²) in [6.45, 7) is 4.69. The Morgan fingerprint density at radius 2 is 2.15 bits per heavy atom. The van der Waals surface area contributed by atoms with Gasteiger partial charge in [-0.05, 0) is 36.3 Å². The molecule has 0 radical (unpaired) electrons. The minimum atomic E-state index is 0.487. The third kappa shape index (κ3) is 0.822. The van der Waals surface area contributed by atoms with Crippen LogP contribution in [-0.4, -0.2) is 6.04 Å². The summed E-state index contributed by atoms with van der Waals surface area (Å²) in [5, 5.41) is 3.58. The lowest BCUT2D eigenvalue weighted by atomic mass is 9.88.